The highest BCUT2D eigenvalue weighted by Gasteiger charge is 2.29. The molecule has 4 nitrogen and oxygen atoms in total. The fourth-order valence-corrected chi connectivity index (χ4v) is 3.14. The molecule has 118 valence electrons. The van der Waals surface area contributed by atoms with Crippen LogP contribution in [0.3, 0.4) is 0 Å². The molecule has 0 radical (unpaired) electrons. The summed E-state index contributed by atoms with van der Waals surface area (Å²) in [4.78, 5) is 12.0. The van der Waals surface area contributed by atoms with E-state index in [0.29, 0.717) is 31.0 Å². The van der Waals surface area contributed by atoms with Gasteiger partial charge in [-0.15, -0.1) is 0 Å². The molecule has 4 heteroatoms. The van der Waals surface area contributed by atoms with Crippen LogP contribution in [0, 0.1) is 11.8 Å². The Balaban J connectivity index is 2.35. The van der Waals surface area contributed by atoms with E-state index in [0.717, 1.165) is 6.42 Å². The molecule has 0 heterocycles. The van der Waals surface area contributed by atoms with Gasteiger partial charge in [0.2, 0.25) is 5.91 Å². The van der Waals surface area contributed by atoms with Gasteiger partial charge in [-0.2, -0.15) is 0 Å². The summed E-state index contributed by atoms with van der Waals surface area (Å²) in [6, 6.07) is 0.380. The van der Waals surface area contributed by atoms with Crippen molar-refractivity contribution in [1.29, 1.82) is 0 Å². The summed E-state index contributed by atoms with van der Waals surface area (Å²) in [7, 11) is 1.68. The maximum Gasteiger partial charge on any atom is 0.236 e. The molecule has 20 heavy (non-hydrogen) atoms. The van der Waals surface area contributed by atoms with Gasteiger partial charge in [-0.05, 0) is 38.0 Å². The van der Waals surface area contributed by atoms with Crippen LogP contribution in [0.1, 0.15) is 52.9 Å². The van der Waals surface area contributed by atoms with Crippen LogP contribution in [0.25, 0.3) is 0 Å². The molecule has 3 atom stereocenters. The van der Waals surface area contributed by atoms with Gasteiger partial charge in [-0.1, -0.05) is 26.7 Å². The number of methoxy groups -OCH3 is 1. The minimum absolute atomic E-state index is 0.106. The average Bonchev–Trinajstić information content (AvgIpc) is 2.43. The Bertz CT molecular complexity index is 282. The smallest absolute Gasteiger partial charge is 0.236 e. The highest BCUT2D eigenvalue weighted by atomic mass is 16.5. The third-order valence-corrected chi connectivity index (χ3v) is 4.36. The Morgan fingerprint density at radius 3 is 2.60 bits per heavy atom. The Labute approximate surface area is 124 Å². The Morgan fingerprint density at radius 2 is 1.95 bits per heavy atom. The van der Waals surface area contributed by atoms with Crippen molar-refractivity contribution in [2.45, 2.75) is 65.0 Å². The molecular weight excluding hydrogens is 252 g/mol. The highest BCUT2D eigenvalue weighted by molar-refractivity contribution is 5.81. The van der Waals surface area contributed by atoms with Gasteiger partial charge in [0.05, 0.1) is 6.04 Å². The normalized spacial score (nSPS) is 24.6. The van der Waals surface area contributed by atoms with Crippen molar-refractivity contribution < 1.29 is 9.53 Å². The van der Waals surface area contributed by atoms with Gasteiger partial charge >= 0.3 is 0 Å². The van der Waals surface area contributed by atoms with Gasteiger partial charge in [0, 0.05) is 26.3 Å². The van der Waals surface area contributed by atoms with E-state index < -0.39 is 0 Å². The molecule has 1 aliphatic carbocycles. The molecule has 1 amide bonds. The summed E-state index contributed by atoms with van der Waals surface area (Å²) >= 11 is 0. The fraction of sp³-hybridized carbons (Fsp3) is 0.938. The Kier molecular flexibility index (Phi) is 8.15. The van der Waals surface area contributed by atoms with E-state index in [1.165, 1.54) is 25.7 Å². The predicted octanol–water partition coefficient (Wildman–Crippen LogP) is 2.33. The zero-order chi connectivity index (χ0) is 15.0. The van der Waals surface area contributed by atoms with Gasteiger partial charge in [0.1, 0.15) is 0 Å². The molecule has 0 saturated heterocycles. The minimum Gasteiger partial charge on any atom is -0.385 e. The molecule has 0 aliphatic heterocycles. The first-order chi connectivity index (χ1) is 9.56. The number of ether oxygens (including phenoxy) is 1. The molecule has 0 bridgehead atoms. The quantitative estimate of drug-likeness (QED) is 0.673. The number of carbonyl (C=O) groups is 1. The van der Waals surface area contributed by atoms with Crippen molar-refractivity contribution in [2.24, 2.45) is 11.8 Å². The van der Waals surface area contributed by atoms with Gasteiger partial charge in [0.15, 0.2) is 0 Å². The van der Waals surface area contributed by atoms with Crippen LogP contribution in [0.4, 0.5) is 0 Å². The molecule has 1 rings (SSSR count). The van der Waals surface area contributed by atoms with Crippen LogP contribution in [-0.4, -0.2) is 38.3 Å². The minimum atomic E-state index is -0.109. The number of hydrogen-bond acceptors (Lipinski definition) is 3. The van der Waals surface area contributed by atoms with E-state index in [4.69, 9.17) is 4.74 Å². The lowest BCUT2D eigenvalue weighted by Crippen LogP contribution is -2.51. The van der Waals surface area contributed by atoms with E-state index in [2.05, 4.69) is 24.5 Å². The lowest BCUT2D eigenvalue weighted by molar-refractivity contribution is -0.123. The van der Waals surface area contributed by atoms with Crippen molar-refractivity contribution in [3.8, 4) is 0 Å². The zero-order valence-corrected chi connectivity index (χ0v) is 13.6. The summed E-state index contributed by atoms with van der Waals surface area (Å²) < 4.78 is 4.98. The average molecular weight is 284 g/mol. The lowest BCUT2D eigenvalue weighted by Gasteiger charge is -2.36. The number of rotatable bonds is 8. The third kappa shape index (κ3) is 5.80. The van der Waals surface area contributed by atoms with Crippen LogP contribution in [0.5, 0.6) is 0 Å². The van der Waals surface area contributed by atoms with E-state index in [1.54, 1.807) is 7.11 Å². The van der Waals surface area contributed by atoms with Crippen molar-refractivity contribution in [2.75, 3.05) is 20.3 Å². The second-order valence-corrected chi connectivity index (χ2v) is 6.32. The molecule has 2 N–H and O–H groups in total. The maximum absolute atomic E-state index is 12.0. The number of hydrogen-bond donors (Lipinski definition) is 2. The van der Waals surface area contributed by atoms with E-state index in [1.807, 2.05) is 6.92 Å². The molecular formula is C16H32N2O2. The SMILES string of the molecule is COCCCNC(=O)C(C)NC1CCCCC1C(C)C. The van der Waals surface area contributed by atoms with Gasteiger partial charge in [-0.3, -0.25) is 4.79 Å². The summed E-state index contributed by atoms with van der Waals surface area (Å²) in [5, 5.41) is 6.52. The van der Waals surface area contributed by atoms with Crippen molar-refractivity contribution in [3.05, 3.63) is 0 Å². The second-order valence-electron chi connectivity index (χ2n) is 6.32. The second kappa shape index (κ2) is 9.35. The molecule has 0 aromatic carbocycles. The van der Waals surface area contributed by atoms with Crippen LogP contribution in [0.15, 0.2) is 0 Å². The summed E-state index contributed by atoms with van der Waals surface area (Å²) in [5.74, 6) is 1.49. The topological polar surface area (TPSA) is 50.4 Å². The van der Waals surface area contributed by atoms with Crippen molar-refractivity contribution >= 4 is 5.91 Å². The van der Waals surface area contributed by atoms with Crippen molar-refractivity contribution in [1.82, 2.24) is 10.6 Å². The third-order valence-electron chi connectivity index (χ3n) is 4.36. The highest BCUT2D eigenvalue weighted by Crippen LogP contribution is 2.30. The number of carbonyl (C=O) groups excluding carboxylic acids is 1. The molecule has 1 saturated carbocycles. The summed E-state index contributed by atoms with van der Waals surface area (Å²) in [6.07, 6.45) is 5.97. The molecule has 3 unspecified atom stereocenters. The van der Waals surface area contributed by atoms with Gasteiger partial charge in [0.25, 0.3) is 0 Å². The largest absolute Gasteiger partial charge is 0.385 e. The zero-order valence-electron chi connectivity index (χ0n) is 13.6. The monoisotopic (exact) mass is 284 g/mol. The van der Waals surface area contributed by atoms with E-state index >= 15 is 0 Å². The van der Waals surface area contributed by atoms with Crippen LogP contribution in [0.2, 0.25) is 0 Å². The van der Waals surface area contributed by atoms with Crippen LogP contribution in [-0.2, 0) is 9.53 Å². The Hall–Kier alpha value is -0.610. The summed E-state index contributed by atoms with van der Waals surface area (Å²) in [6.45, 7) is 7.94. The maximum atomic E-state index is 12.0. The first kappa shape index (κ1) is 17.4. The first-order valence-corrected chi connectivity index (χ1v) is 8.09. The lowest BCUT2D eigenvalue weighted by atomic mass is 9.77. The predicted molar refractivity (Wildman–Crippen MR) is 82.7 cm³/mol. The molecule has 0 aromatic heterocycles. The van der Waals surface area contributed by atoms with Gasteiger partial charge in [-0.25, -0.2) is 0 Å². The molecule has 0 spiro atoms. The molecule has 1 fully saturated rings. The molecule has 0 aromatic rings. The van der Waals surface area contributed by atoms with E-state index in [9.17, 15) is 4.79 Å². The Morgan fingerprint density at radius 1 is 1.25 bits per heavy atom. The van der Waals surface area contributed by atoms with Crippen LogP contribution >= 0.6 is 0 Å². The summed E-state index contributed by atoms with van der Waals surface area (Å²) in [5.41, 5.74) is 0. The standard InChI is InChI=1S/C16H32N2O2/c1-12(2)14-8-5-6-9-15(14)18-13(3)16(19)17-10-7-11-20-4/h12-15,18H,5-11H2,1-4H3,(H,17,19). The number of nitrogens with one attached hydrogen (secondary N) is 2. The first-order valence-electron chi connectivity index (χ1n) is 8.09. The van der Waals surface area contributed by atoms with Crippen molar-refractivity contribution in [3.63, 3.8) is 0 Å². The number of amides is 1. The van der Waals surface area contributed by atoms with E-state index in [-0.39, 0.29) is 11.9 Å². The van der Waals surface area contributed by atoms with Gasteiger partial charge < -0.3 is 15.4 Å². The fourth-order valence-electron chi connectivity index (χ4n) is 3.14. The molecule has 1 aliphatic rings. The van der Waals surface area contributed by atoms with Crippen LogP contribution < -0.4 is 10.6 Å².